The summed E-state index contributed by atoms with van der Waals surface area (Å²) < 4.78 is 27.7. The van der Waals surface area contributed by atoms with Gasteiger partial charge < -0.3 is 9.15 Å². The van der Waals surface area contributed by atoms with Crippen molar-refractivity contribution in [3.8, 4) is 33.8 Å². The first kappa shape index (κ1) is 21.7. The molecule has 3 aromatic heterocycles. The Kier molecular flexibility index (Phi) is 5.22. The van der Waals surface area contributed by atoms with Gasteiger partial charge in [0.15, 0.2) is 0 Å². The van der Waals surface area contributed by atoms with Crippen molar-refractivity contribution in [1.29, 1.82) is 0 Å². The van der Waals surface area contributed by atoms with Crippen molar-refractivity contribution in [3.05, 3.63) is 79.0 Å². The van der Waals surface area contributed by atoms with Crippen LogP contribution in [0.1, 0.15) is 32.7 Å². The van der Waals surface area contributed by atoms with Crippen LogP contribution in [0.4, 0.5) is 4.39 Å². The van der Waals surface area contributed by atoms with Crippen molar-refractivity contribution in [1.82, 2.24) is 19.7 Å². The predicted molar refractivity (Wildman–Crippen MR) is 132 cm³/mol. The molecule has 0 spiro atoms. The Balaban J connectivity index is 1.51. The number of nitrogens with zero attached hydrogens (tertiary/aromatic N) is 4. The van der Waals surface area contributed by atoms with Gasteiger partial charge in [-0.05, 0) is 57.0 Å². The fourth-order valence-electron chi connectivity index (χ4n) is 4.81. The van der Waals surface area contributed by atoms with Crippen LogP contribution in [0, 0.1) is 5.82 Å². The third kappa shape index (κ3) is 4.12. The maximum absolute atomic E-state index is 13.7. The van der Waals surface area contributed by atoms with Crippen LogP contribution in [0.25, 0.3) is 44.9 Å². The molecule has 0 amide bonds. The minimum absolute atomic E-state index is 0.188. The highest BCUT2D eigenvalue weighted by Gasteiger charge is 2.31. The summed E-state index contributed by atoms with van der Waals surface area (Å²) in [4.78, 5) is 9.02. The third-order valence-corrected chi connectivity index (χ3v) is 6.54. The van der Waals surface area contributed by atoms with Crippen molar-refractivity contribution in [2.45, 2.75) is 38.3 Å². The fourth-order valence-corrected chi connectivity index (χ4v) is 4.81. The molecule has 0 N–H and O–H groups in total. The van der Waals surface area contributed by atoms with E-state index in [0.717, 1.165) is 52.1 Å². The second-order valence-electron chi connectivity index (χ2n) is 9.55. The summed E-state index contributed by atoms with van der Waals surface area (Å²) in [6.45, 7) is 4.89. The van der Waals surface area contributed by atoms with E-state index in [2.05, 4.69) is 23.8 Å². The zero-order valence-corrected chi connectivity index (χ0v) is 19.6. The number of fused-ring (bicyclic) bond motifs is 1. The lowest BCUT2D eigenvalue weighted by atomic mass is 9.94. The SMILES string of the molecule is CC1(C)CC(n2cc(-c3ncnc4oc(-c5ccccc5)cc34)c(-c3ccc(F)cc3)n2)CCO1. The summed E-state index contributed by atoms with van der Waals surface area (Å²) in [5.74, 6) is 0.442. The topological polar surface area (TPSA) is 66.0 Å². The van der Waals surface area contributed by atoms with Crippen LogP contribution in [0.3, 0.4) is 0 Å². The summed E-state index contributed by atoms with van der Waals surface area (Å²) in [5.41, 5.74) is 4.42. The third-order valence-electron chi connectivity index (χ3n) is 6.54. The lowest BCUT2D eigenvalue weighted by Crippen LogP contribution is -2.35. The van der Waals surface area contributed by atoms with E-state index in [9.17, 15) is 4.39 Å². The number of furan rings is 1. The van der Waals surface area contributed by atoms with Crippen molar-refractivity contribution >= 4 is 11.1 Å². The number of rotatable bonds is 4. The molecular formula is C28H25FN4O2. The molecule has 6 rings (SSSR count). The molecule has 0 saturated carbocycles. The molecule has 1 aliphatic heterocycles. The van der Waals surface area contributed by atoms with E-state index >= 15 is 0 Å². The molecule has 0 radical (unpaired) electrons. The molecule has 5 aromatic rings. The summed E-state index contributed by atoms with van der Waals surface area (Å²) in [5, 5.41) is 5.80. The van der Waals surface area contributed by atoms with Crippen molar-refractivity contribution in [2.75, 3.05) is 6.61 Å². The second kappa shape index (κ2) is 8.43. The Labute approximate surface area is 202 Å². The van der Waals surface area contributed by atoms with Gasteiger partial charge in [0.2, 0.25) is 5.71 Å². The number of aromatic nitrogens is 4. The summed E-state index contributed by atoms with van der Waals surface area (Å²) in [6.07, 6.45) is 5.28. The minimum atomic E-state index is -0.285. The second-order valence-corrected chi connectivity index (χ2v) is 9.55. The van der Waals surface area contributed by atoms with E-state index in [1.54, 1.807) is 12.1 Å². The van der Waals surface area contributed by atoms with E-state index in [1.807, 2.05) is 47.3 Å². The zero-order chi connectivity index (χ0) is 24.0. The van der Waals surface area contributed by atoms with Gasteiger partial charge in [-0.15, -0.1) is 0 Å². The lowest BCUT2D eigenvalue weighted by Gasteiger charge is -2.35. The molecule has 7 heteroatoms. The van der Waals surface area contributed by atoms with Crippen LogP contribution in [0.2, 0.25) is 0 Å². The molecule has 4 heterocycles. The van der Waals surface area contributed by atoms with Gasteiger partial charge >= 0.3 is 0 Å². The number of hydrogen-bond acceptors (Lipinski definition) is 5. The molecule has 1 unspecified atom stereocenters. The van der Waals surface area contributed by atoms with E-state index in [0.29, 0.717) is 12.3 Å². The van der Waals surface area contributed by atoms with Crippen LogP contribution in [-0.2, 0) is 4.74 Å². The molecule has 1 fully saturated rings. The molecule has 1 aliphatic rings. The lowest BCUT2D eigenvalue weighted by molar-refractivity contribution is -0.0707. The van der Waals surface area contributed by atoms with Crippen LogP contribution in [-0.4, -0.2) is 32.0 Å². The van der Waals surface area contributed by atoms with Gasteiger partial charge in [0.1, 0.15) is 23.6 Å². The minimum Gasteiger partial charge on any atom is -0.438 e. The fraction of sp³-hybridized carbons (Fsp3) is 0.250. The molecule has 0 bridgehead atoms. The van der Waals surface area contributed by atoms with Gasteiger partial charge in [-0.2, -0.15) is 5.10 Å². The van der Waals surface area contributed by atoms with Crippen LogP contribution in [0.15, 0.2) is 77.6 Å². The highest BCUT2D eigenvalue weighted by molar-refractivity contribution is 5.95. The van der Waals surface area contributed by atoms with Crippen molar-refractivity contribution in [3.63, 3.8) is 0 Å². The first-order valence-corrected chi connectivity index (χ1v) is 11.8. The Hall–Kier alpha value is -3.84. The largest absolute Gasteiger partial charge is 0.438 e. The molecule has 0 aliphatic carbocycles. The number of halogens is 1. The van der Waals surface area contributed by atoms with Gasteiger partial charge in [0.05, 0.1) is 22.7 Å². The Morgan fingerprint density at radius 1 is 0.971 bits per heavy atom. The van der Waals surface area contributed by atoms with E-state index in [-0.39, 0.29) is 17.5 Å². The molecule has 1 saturated heterocycles. The summed E-state index contributed by atoms with van der Waals surface area (Å²) in [6, 6.07) is 18.5. The van der Waals surface area contributed by atoms with Gasteiger partial charge in [0, 0.05) is 29.5 Å². The van der Waals surface area contributed by atoms with Gasteiger partial charge in [0.25, 0.3) is 0 Å². The maximum Gasteiger partial charge on any atom is 0.230 e. The molecule has 35 heavy (non-hydrogen) atoms. The number of ether oxygens (including phenoxy) is 1. The monoisotopic (exact) mass is 468 g/mol. The number of hydrogen-bond donors (Lipinski definition) is 0. The average molecular weight is 469 g/mol. The Morgan fingerprint density at radius 3 is 2.54 bits per heavy atom. The molecule has 2 aromatic carbocycles. The highest BCUT2D eigenvalue weighted by Crippen LogP contribution is 2.39. The quantitative estimate of drug-likeness (QED) is 0.294. The summed E-state index contributed by atoms with van der Waals surface area (Å²) >= 11 is 0. The first-order chi connectivity index (χ1) is 17.0. The van der Waals surface area contributed by atoms with E-state index in [1.165, 1.54) is 18.5 Å². The highest BCUT2D eigenvalue weighted by atomic mass is 19.1. The summed E-state index contributed by atoms with van der Waals surface area (Å²) in [7, 11) is 0. The molecule has 176 valence electrons. The maximum atomic E-state index is 13.7. The average Bonchev–Trinajstić information content (AvgIpc) is 3.49. The standard InChI is InChI=1S/C28H25FN4O2/c1-28(2)15-21(12-13-34-28)33-16-23(25(32-33)19-8-10-20(29)11-9-19)26-22-14-24(18-6-4-3-5-7-18)35-27(22)31-17-30-26/h3-11,14,16-17,21H,12-13,15H2,1-2H3. The van der Waals surface area contributed by atoms with Gasteiger partial charge in [-0.25, -0.2) is 14.4 Å². The smallest absolute Gasteiger partial charge is 0.230 e. The molecule has 1 atom stereocenters. The van der Waals surface area contributed by atoms with E-state index < -0.39 is 0 Å². The van der Waals surface area contributed by atoms with Gasteiger partial charge in [-0.3, -0.25) is 4.68 Å². The normalized spacial score (nSPS) is 17.6. The van der Waals surface area contributed by atoms with E-state index in [4.69, 9.17) is 14.3 Å². The predicted octanol–water partition coefficient (Wildman–Crippen LogP) is 6.69. The zero-order valence-electron chi connectivity index (χ0n) is 19.6. The Morgan fingerprint density at radius 2 is 1.77 bits per heavy atom. The Bertz CT molecular complexity index is 1490. The van der Waals surface area contributed by atoms with Crippen LogP contribution >= 0.6 is 0 Å². The number of benzene rings is 2. The van der Waals surface area contributed by atoms with Crippen LogP contribution < -0.4 is 0 Å². The molecular weight excluding hydrogens is 443 g/mol. The molecule has 6 nitrogen and oxygen atoms in total. The van der Waals surface area contributed by atoms with Crippen LogP contribution in [0.5, 0.6) is 0 Å². The first-order valence-electron chi connectivity index (χ1n) is 11.8. The van der Waals surface area contributed by atoms with Crippen molar-refractivity contribution in [2.24, 2.45) is 0 Å². The van der Waals surface area contributed by atoms with Gasteiger partial charge in [-0.1, -0.05) is 30.3 Å². The van der Waals surface area contributed by atoms with Crippen molar-refractivity contribution < 1.29 is 13.5 Å².